The predicted octanol–water partition coefficient (Wildman–Crippen LogP) is 5.10. The van der Waals surface area contributed by atoms with Crippen LogP contribution in [0.25, 0.3) is 0 Å². The highest BCUT2D eigenvalue weighted by molar-refractivity contribution is 7.81. The lowest BCUT2D eigenvalue weighted by molar-refractivity contribution is -0.140. The summed E-state index contributed by atoms with van der Waals surface area (Å²) in [6.07, 6.45) is 18.2. The fraction of sp³-hybridized carbons (Fsp3) is 0.762. The zero-order valence-corrected chi connectivity index (χ0v) is 16.8. The summed E-state index contributed by atoms with van der Waals surface area (Å²) in [6.45, 7) is 2.18. The van der Waals surface area contributed by atoms with Gasteiger partial charge in [0.05, 0.1) is 13.2 Å². The van der Waals surface area contributed by atoms with E-state index in [2.05, 4.69) is 29.9 Å². The van der Waals surface area contributed by atoms with E-state index in [0.29, 0.717) is 23.5 Å². The van der Waals surface area contributed by atoms with Crippen LogP contribution in [0.2, 0.25) is 0 Å². The zero-order chi connectivity index (χ0) is 18.5. The number of methoxy groups -OCH3 is 1. The fourth-order valence-electron chi connectivity index (χ4n) is 3.46. The number of hydrogen-bond acceptors (Lipinski definition) is 4. The number of esters is 1. The second-order valence-electron chi connectivity index (χ2n) is 7.10. The Kier molecular flexibility index (Phi) is 12.0. The summed E-state index contributed by atoms with van der Waals surface area (Å²) in [5.74, 6) is 0.921. The van der Waals surface area contributed by atoms with Crippen LogP contribution in [0.15, 0.2) is 24.3 Å². The molecule has 1 aliphatic carbocycles. The Morgan fingerprint density at radius 1 is 1.28 bits per heavy atom. The lowest BCUT2D eigenvalue weighted by Crippen LogP contribution is -2.13. The number of ether oxygens (including phenoxy) is 1. The number of aliphatic hydroxyl groups is 1. The van der Waals surface area contributed by atoms with E-state index in [1.807, 2.05) is 6.08 Å². The Hall–Kier alpha value is -0.740. The van der Waals surface area contributed by atoms with Crippen LogP contribution in [0.3, 0.4) is 0 Å². The van der Waals surface area contributed by atoms with E-state index < -0.39 is 0 Å². The van der Waals surface area contributed by atoms with Gasteiger partial charge in [0.2, 0.25) is 0 Å². The van der Waals surface area contributed by atoms with Crippen molar-refractivity contribution in [2.75, 3.05) is 7.11 Å². The van der Waals surface area contributed by atoms with Gasteiger partial charge >= 0.3 is 5.97 Å². The SMILES string of the molecule is CCCCC[C@H](O)/C=C/[C@H]1CC[C@H](S)[C@@H]1C/C=C\CCCC(=O)OC. The molecule has 4 atom stereocenters. The minimum Gasteiger partial charge on any atom is -0.469 e. The molecule has 1 N–H and O–H groups in total. The van der Waals surface area contributed by atoms with Gasteiger partial charge in [-0.2, -0.15) is 12.6 Å². The van der Waals surface area contributed by atoms with E-state index in [1.165, 1.54) is 20.0 Å². The lowest BCUT2D eigenvalue weighted by atomic mass is 9.91. The first-order chi connectivity index (χ1) is 12.1. The molecule has 0 amide bonds. The third-order valence-electron chi connectivity index (χ3n) is 5.08. The van der Waals surface area contributed by atoms with Crippen molar-refractivity contribution in [3.05, 3.63) is 24.3 Å². The molecule has 0 radical (unpaired) electrons. The van der Waals surface area contributed by atoms with Gasteiger partial charge in [0.15, 0.2) is 0 Å². The number of carbonyl (C=O) groups is 1. The van der Waals surface area contributed by atoms with Crippen molar-refractivity contribution in [2.45, 2.75) is 82.5 Å². The molecule has 25 heavy (non-hydrogen) atoms. The average Bonchev–Trinajstić information content (AvgIpc) is 2.96. The van der Waals surface area contributed by atoms with E-state index in [9.17, 15) is 9.90 Å². The van der Waals surface area contributed by atoms with Crippen molar-refractivity contribution in [1.29, 1.82) is 0 Å². The maximum Gasteiger partial charge on any atom is 0.305 e. The number of aliphatic hydroxyl groups excluding tert-OH is 1. The molecule has 1 rings (SSSR count). The van der Waals surface area contributed by atoms with Gasteiger partial charge in [-0.1, -0.05) is 50.5 Å². The van der Waals surface area contributed by atoms with Crippen LogP contribution >= 0.6 is 12.6 Å². The van der Waals surface area contributed by atoms with E-state index in [4.69, 9.17) is 12.6 Å². The Balaban J connectivity index is 2.34. The number of allylic oxidation sites excluding steroid dienone is 3. The summed E-state index contributed by atoms with van der Waals surface area (Å²) < 4.78 is 4.64. The molecule has 0 spiro atoms. The van der Waals surface area contributed by atoms with E-state index in [0.717, 1.165) is 44.9 Å². The van der Waals surface area contributed by atoms with Gasteiger partial charge in [-0.05, 0) is 50.4 Å². The summed E-state index contributed by atoms with van der Waals surface area (Å²) in [5.41, 5.74) is 0. The van der Waals surface area contributed by atoms with E-state index >= 15 is 0 Å². The Labute approximate surface area is 159 Å². The van der Waals surface area contributed by atoms with Gasteiger partial charge in [0, 0.05) is 11.7 Å². The molecular formula is C21H36O3S. The summed E-state index contributed by atoms with van der Waals surface area (Å²) in [5, 5.41) is 10.5. The highest BCUT2D eigenvalue weighted by Crippen LogP contribution is 2.39. The van der Waals surface area contributed by atoms with E-state index in [1.54, 1.807) is 0 Å². The normalized spacial score (nSPS) is 25.0. The highest BCUT2D eigenvalue weighted by Gasteiger charge is 2.31. The van der Waals surface area contributed by atoms with Gasteiger partial charge in [0.25, 0.3) is 0 Å². The van der Waals surface area contributed by atoms with Crippen LogP contribution in [0.1, 0.15) is 71.1 Å². The van der Waals surface area contributed by atoms with Crippen LogP contribution in [0, 0.1) is 11.8 Å². The maximum atomic E-state index is 11.1. The van der Waals surface area contributed by atoms with E-state index in [-0.39, 0.29) is 12.1 Å². The molecule has 1 fully saturated rings. The van der Waals surface area contributed by atoms with Gasteiger partial charge < -0.3 is 9.84 Å². The molecule has 0 unspecified atom stereocenters. The minimum absolute atomic E-state index is 0.137. The van der Waals surface area contributed by atoms with Gasteiger partial charge in [-0.25, -0.2) is 0 Å². The number of hydrogen-bond donors (Lipinski definition) is 2. The molecule has 144 valence electrons. The standard InChI is InChI=1S/C21H36O3S/c1-3-4-7-10-18(22)15-13-17-14-16-20(25)19(17)11-8-5-6-9-12-21(23)24-2/h5,8,13,15,17-20,22,25H,3-4,6-7,9-12,14,16H2,1-2H3/b8-5-,15-13+/t17-,18-,19+,20-/m0/s1. The first kappa shape index (κ1) is 22.3. The van der Waals surface area contributed by atoms with Crippen molar-refractivity contribution in [2.24, 2.45) is 11.8 Å². The van der Waals surface area contributed by atoms with Crippen LogP contribution in [-0.2, 0) is 9.53 Å². The fourth-order valence-corrected chi connectivity index (χ4v) is 3.95. The van der Waals surface area contributed by atoms with Gasteiger partial charge in [0.1, 0.15) is 0 Å². The molecule has 0 bridgehead atoms. The summed E-state index contributed by atoms with van der Waals surface area (Å²) in [6, 6.07) is 0. The molecule has 4 heteroatoms. The molecule has 0 aromatic heterocycles. The zero-order valence-electron chi connectivity index (χ0n) is 15.9. The van der Waals surface area contributed by atoms with Gasteiger partial charge in [-0.3, -0.25) is 4.79 Å². The van der Waals surface area contributed by atoms with Gasteiger partial charge in [-0.15, -0.1) is 0 Å². The molecule has 0 aliphatic heterocycles. The smallest absolute Gasteiger partial charge is 0.305 e. The molecular weight excluding hydrogens is 332 g/mol. The number of thiol groups is 1. The quantitative estimate of drug-likeness (QED) is 0.218. The van der Waals surface area contributed by atoms with Crippen LogP contribution in [0.4, 0.5) is 0 Å². The van der Waals surface area contributed by atoms with Crippen molar-refractivity contribution in [3.63, 3.8) is 0 Å². The monoisotopic (exact) mass is 368 g/mol. The third kappa shape index (κ3) is 9.50. The first-order valence-electron chi connectivity index (χ1n) is 9.84. The van der Waals surface area contributed by atoms with Crippen LogP contribution in [-0.4, -0.2) is 29.5 Å². The molecule has 0 aromatic carbocycles. The number of unbranched alkanes of at least 4 members (excludes halogenated alkanes) is 3. The summed E-state index contributed by atoms with van der Waals surface area (Å²) in [4.78, 5) is 11.1. The lowest BCUT2D eigenvalue weighted by Gasteiger charge is -2.18. The summed E-state index contributed by atoms with van der Waals surface area (Å²) in [7, 11) is 1.43. The Morgan fingerprint density at radius 3 is 2.80 bits per heavy atom. The second kappa shape index (κ2) is 13.5. The second-order valence-corrected chi connectivity index (χ2v) is 7.76. The molecule has 0 saturated heterocycles. The van der Waals surface area contributed by atoms with Crippen LogP contribution in [0.5, 0.6) is 0 Å². The van der Waals surface area contributed by atoms with Crippen LogP contribution < -0.4 is 0 Å². The average molecular weight is 369 g/mol. The number of carbonyl (C=O) groups excluding carboxylic acids is 1. The largest absolute Gasteiger partial charge is 0.469 e. The van der Waals surface area contributed by atoms with Crippen molar-refractivity contribution in [3.8, 4) is 0 Å². The Bertz CT molecular complexity index is 419. The molecule has 0 heterocycles. The van der Waals surface area contributed by atoms with Crippen molar-refractivity contribution in [1.82, 2.24) is 0 Å². The predicted molar refractivity (Wildman–Crippen MR) is 108 cm³/mol. The topological polar surface area (TPSA) is 46.5 Å². The molecule has 1 saturated carbocycles. The first-order valence-corrected chi connectivity index (χ1v) is 10.4. The highest BCUT2D eigenvalue weighted by atomic mass is 32.1. The maximum absolute atomic E-state index is 11.1. The molecule has 3 nitrogen and oxygen atoms in total. The summed E-state index contributed by atoms with van der Waals surface area (Å²) >= 11 is 4.75. The third-order valence-corrected chi connectivity index (χ3v) is 5.72. The molecule has 0 aromatic rings. The minimum atomic E-state index is -0.306. The number of rotatable bonds is 12. The molecule has 1 aliphatic rings. The van der Waals surface area contributed by atoms with Crippen molar-refractivity contribution >= 4 is 18.6 Å². The van der Waals surface area contributed by atoms with Crippen molar-refractivity contribution < 1.29 is 14.6 Å². The Morgan fingerprint density at radius 2 is 2.08 bits per heavy atom.